The average Bonchev–Trinajstić information content (AvgIpc) is 2.88. The van der Waals surface area contributed by atoms with Crippen molar-refractivity contribution in [2.75, 3.05) is 33.2 Å². The SMILES string of the molecule is COC(=O)c1cc(OC)c(OC)cc1NC(=O)CN(Cc1ccccc1Cl)S(=O)(=O)c1ccc(C)cc1. The van der Waals surface area contributed by atoms with Crippen LogP contribution in [0.1, 0.15) is 21.5 Å². The lowest BCUT2D eigenvalue weighted by atomic mass is 10.1. The van der Waals surface area contributed by atoms with Crippen molar-refractivity contribution in [3.05, 3.63) is 82.4 Å². The number of hydrogen-bond acceptors (Lipinski definition) is 7. The van der Waals surface area contributed by atoms with Crippen molar-refractivity contribution < 1.29 is 32.2 Å². The van der Waals surface area contributed by atoms with Crippen molar-refractivity contribution in [1.82, 2.24) is 4.31 Å². The van der Waals surface area contributed by atoms with Gasteiger partial charge in [-0.2, -0.15) is 4.31 Å². The van der Waals surface area contributed by atoms with Gasteiger partial charge < -0.3 is 19.5 Å². The highest BCUT2D eigenvalue weighted by Gasteiger charge is 2.28. The number of carbonyl (C=O) groups excluding carboxylic acids is 2. The van der Waals surface area contributed by atoms with Gasteiger partial charge in [-0.25, -0.2) is 13.2 Å². The molecule has 0 atom stereocenters. The van der Waals surface area contributed by atoms with Gasteiger partial charge in [0.2, 0.25) is 15.9 Å². The van der Waals surface area contributed by atoms with Gasteiger partial charge in [0.15, 0.2) is 11.5 Å². The van der Waals surface area contributed by atoms with Gasteiger partial charge in [0.05, 0.1) is 44.0 Å². The molecule has 0 saturated carbocycles. The minimum atomic E-state index is -4.10. The fourth-order valence-corrected chi connectivity index (χ4v) is 5.08. The highest BCUT2D eigenvalue weighted by atomic mass is 35.5. The summed E-state index contributed by atoms with van der Waals surface area (Å²) in [6.07, 6.45) is 0. The van der Waals surface area contributed by atoms with E-state index >= 15 is 0 Å². The molecule has 0 fully saturated rings. The van der Waals surface area contributed by atoms with E-state index in [1.54, 1.807) is 36.4 Å². The lowest BCUT2D eigenvalue weighted by Crippen LogP contribution is -2.37. The van der Waals surface area contributed by atoms with E-state index in [0.717, 1.165) is 9.87 Å². The van der Waals surface area contributed by atoms with Gasteiger partial charge >= 0.3 is 5.97 Å². The van der Waals surface area contributed by atoms with Crippen molar-refractivity contribution in [1.29, 1.82) is 0 Å². The molecule has 1 amide bonds. The molecule has 196 valence electrons. The van der Waals surface area contributed by atoms with Crippen molar-refractivity contribution in [3.63, 3.8) is 0 Å². The first kappa shape index (κ1) is 28.0. The largest absolute Gasteiger partial charge is 0.493 e. The van der Waals surface area contributed by atoms with Gasteiger partial charge in [-0.05, 0) is 30.7 Å². The van der Waals surface area contributed by atoms with Crippen LogP contribution in [-0.4, -0.2) is 52.5 Å². The molecular formula is C26H27ClN2O7S. The van der Waals surface area contributed by atoms with Gasteiger partial charge in [-0.3, -0.25) is 4.79 Å². The maximum Gasteiger partial charge on any atom is 0.340 e. The van der Waals surface area contributed by atoms with Crippen LogP contribution in [0.15, 0.2) is 65.6 Å². The number of anilines is 1. The molecular weight excluding hydrogens is 520 g/mol. The molecule has 0 aliphatic carbocycles. The molecule has 9 nitrogen and oxygen atoms in total. The lowest BCUT2D eigenvalue weighted by Gasteiger charge is -2.23. The predicted octanol–water partition coefficient (Wildman–Crippen LogP) is 4.28. The Morgan fingerprint density at radius 3 is 2.16 bits per heavy atom. The number of benzene rings is 3. The second-order valence-electron chi connectivity index (χ2n) is 7.97. The van der Waals surface area contributed by atoms with Crippen LogP contribution in [0, 0.1) is 6.92 Å². The zero-order valence-electron chi connectivity index (χ0n) is 20.8. The molecule has 0 aromatic heterocycles. The smallest absolute Gasteiger partial charge is 0.340 e. The van der Waals surface area contributed by atoms with Crippen LogP contribution in [0.4, 0.5) is 5.69 Å². The molecule has 1 N–H and O–H groups in total. The summed E-state index contributed by atoms with van der Waals surface area (Å²) in [6, 6.07) is 15.8. The molecule has 3 aromatic carbocycles. The Kier molecular flexibility index (Phi) is 9.14. The highest BCUT2D eigenvalue weighted by molar-refractivity contribution is 7.89. The van der Waals surface area contributed by atoms with Gasteiger partial charge in [0, 0.05) is 23.7 Å². The van der Waals surface area contributed by atoms with Gasteiger partial charge in [-0.15, -0.1) is 0 Å². The quantitative estimate of drug-likeness (QED) is 0.378. The fourth-order valence-electron chi connectivity index (χ4n) is 3.51. The molecule has 0 unspecified atom stereocenters. The Bertz CT molecular complexity index is 1390. The molecule has 3 rings (SSSR count). The van der Waals surface area contributed by atoms with Crippen LogP contribution >= 0.6 is 11.6 Å². The molecule has 3 aromatic rings. The Morgan fingerprint density at radius 1 is 0.946 bits per heavy atom. The first-order chi connectivity index (χ1) is 17.6. The number of hydrogen-bond donors (Lipinski definition) is 1. The van der Waals surface area contributed by atoms with Crippen molar-refractivity contribution in [3.8, 4) is 11.5 Å². The molecule has 37 heavy (non-hydrogen) atoms. The molecule has 11 heteroatoms. The third-order valence-electron chi connectivity index (χ3n) is 5.49. The number of ether oxygens (including phenoxy) is 3. The monoisotopic (exact) mass is 546 g/mol. The van der Waals surface area contributed by atoms with Crippen molar-refractivity contribution >= 4 is 39.2 Å². The minimum absolute atomic E-state index is 0.00699. The van der Waals surface area contributed by atoms with Crippen LogP contribution < -0.4 is 14.8 Å². The topological polar surface area (TPSA) is 111 Å². The minimum Gasteiger partial charge on any atom is -0.493 e. The summed E-state index contributed by atoms with van der Waals surface area (Å²) in [5.41, 5.74) is 1.49. The Morgan fingerprint density at radius 2 is 1.57 bits per heavy atom. The van der Waals surface area contributed by atoms with E-state index in [4.69, 9.17) is 25.8 Å². The van der Waals surface area contributed by atoms with E-state index in [0.29, 0.717) is 10.6 Å². The van der Waals surface area contributed by atoms with Gasteiger partial charge in [0.1, 0.15) is 0 Å². The summed E-state index contributed by atoms with van der Waals surface area (Å²) < 4.78 is 43.4. The Labute approximate surface area is 221 Å². The lowest BCUT2D eigenvalue weighted by molar-refractivity contribution is -0.116. The van der Waals surface area contributed by atoms with Crippen LogP contribution in [0.3, 0.4) is 0 Å². The van der Waals surface area contributed by atoms with Crippen LogP contribution in [0.5, 0.6) is 11.5 Å². The molecule has 0 saturated heterocycles. The number of halogens is 1. The maximum atomic E-state index is 13.5. The van der Waals surface area contributed by atoms with Crippen LogP contribution in [-0.2, 0) is 26.1 Å². The van der Waals surface area contributed by atoms with E-state index in [-0.39, 0.29) is 34.2 Å². The molecule has 0 aliphatic rings. The zero-order valence-corrected chi connectivity index (χ0v) is 22.4. The number of carbonyl (C=O) groups is 2. The third-order valence-corrected chi connectivity index (χ3v) is 7.66. The Balaban J connectivity index is 1.98. The molecule has 0 radical (unpaired) electrons. The van der Waals surface area contributed by atoms with E-state index in [1.807, 2.05) is 6.92 Å². The standard InChI is InChI=1S/C26H27ClN2O7S/c1-17-9-11-19(12-10-17)37(32,33)29(15-18-7-5-6-8-21(18)27)16-25(30)28-22-14-24(35-3)23(34-2)13-20(22)26(31)36-4/h5-14H,15-16H2,1-4H3,(H,28,30). The summed E-state index contributed by atoms with van der Waals surface area (Å²) in [4.78, 5) is 25.6. The first-order valence-corrected chi connectivity index (χ1v) is 12.9. The molecule has 0 aliphatic heterocycles. The van der Waals surface area contributed by atoms with Crippen molar-refractivity contribution in [2.45, 2.75) is 18.4 Å². The van der Waals surface area contributed by atoms with Gasteiger partial charge in [0.25, 0.3) is 0 Å². The summed E-state index contributed by atoms with van der Waals surface area (Å²) >= 11 is 6.29. The first-order valence-electron chi connectivity index (χ1n) is 11.0. The second-order valence-corrected chi connectivity index (χ2v) is 10.3. The summed E-state index contributed by atoms with van der Waals surface area (Å²) in [5, 5.41) is 2.96. The number of sulfonamides is 1. The normalized spacial score (nSPS) is 11.2. The second kappa shape index (κ2) is 12.1. The Hall–Kier alpha value is -3.60. The molecule has 0 spiro atoms. The number of methoxy groups -OCH3 is 3. The third kappa shape index (κ3) is 6.59. The van der Waals surface area contributed by atoms with E-state index in [2.05, 4.69) is 5.32 Å². The summed E-state index contributed by atoms with van der Waals surface area (Å²) in [6.45, 7) is 1.13. The van der Waals surface area contributed by atoms with Crippen molar-refractivity contribution in [2.24, 2.45) is 0 Å². The fraction of sp³-hybridized carbons (Fsp3) is 0.231. The molecule has 0 heterocycles. The van der Waals surface area contributed by atoms with Gasteiger partial charge in [-0.1, -0.05) is 47.5 Å². The average molecular weight is 547 g/mol. The van der Waals surface area contributed by atoms with E-state index < -0.39 is 28.4 Å². The van der Waals surface area contributed by atoms with E-state index in [1.165, 1.54) is 45.6 Å². The number of rotatable bonds is 10. The number of amides is 1. The summed E-state index contributed by atoms with van der Waals surface area (Å²) in [7, 11) is -0.0927. The predicted molar refractivity (Wildman–Crippen MR) is 140 cm³/mol. The highest BCUT2D eigenvalue weighted by Crippen LogP contribution is 2.34. The van der Waals surface area contributed by atoms with E-state index in [9.17, 15) is 18.0 Å². The summed E-state index contributed by atoms with van der Waals surface area (Å²) in [5.74, 6) is -0.912. The zero-order chi connectivity index (χ0) is 27.2. The maximum absolute atomic E-state index is 13.5. The van der Waals surface area contributed by atoms with Crippen LogP contribution in [0.2, 0.25) is 5.02 Å². The molecule has 0 bridgehead atoms. The number of nitrogens with one attached hydrogen (secondary N) is 1. The number of nitrogens with zero attached hydrogens (tertiary/aromatic N) is 1. The number of esters is 1. The van der Waals surface area contributed by atoms with Crippen LogP contribution in [0.25, 0.3) is 0 Å². The number of aryl methyl sites for hydroxylation is 1.